The van der Waals surface area contributed by atoms with E-state index in [1.165, 1.54) is 11.3 Å². The second-order valence-electron chi connectivity index (χ2n) is 6.96. The third kappa shape index (κ3) is 4.88. The molecule has 1 aliphatic rings. The van der Waals surface area contributed by atoms with Gasteiger partial charge in [-0.05, 0) is 31.2 Å². The lowest BCUT2D eigenvalue weighted by Gasteiger charge is -2.31. The summed E-state index contributed by atoms with van der Waals surface area (Å²) in [5.41, 5.74) is 1.82. The van der Waals surface area contributed by atoms with Gasteiger partial charge in [-0.2, -0.15) is 16.3 Å². The minimum absolute atomic E-state index is 0.0155. The number of hydrogen-bond donors (Lipinski definition) is 1. The largest absolute Gasteiger partial charge is 0.343 e. The van der Waals surface area contributed by atoms with Crippen LogP contribution < -0.4 is 5.32 Å². The third-order valence-corrected chi connectivity index (χ3v) is 6.43. The number of hydrogen-bond acceptors (Lipinski definition) is 8. The lowest BCUT2D eigenvalue weighted by molar-refractivity contribution is -0.134. The highest BCUT2D eigenvalue weighted by Gasteiger charge is 2.28. The number of carbonyl (C=O) groups is 2. The number of nitrogens with zero attached hydrogens (tertiary/aromatic N) is 4. The van der Waals surface area contributed by atoms with Gasteiger partial charge in [-0.25, -0.2) is 4.98 Å². The number of piperidine rings is 1. The van der Waals surface area contributed by atoms with E-state index in [-0.39, 0.29) is 17.7 Å². The fraction of sp³-hybridized carbons (Fsp3) is 0.421. The first-order valence-electron chi connectivity index (χ1n) is 9.44. The predicted octanol–water partition coefficient (Wildman–Crippen LogP) is 3.37. The van der Waals surface area contributed by atoms with Gasteiger partial charge in [0.2, 0.25) is 23.5 Å². The second-order valence-corrected chi connectivity index (χ2v) is 8.60. The summed E-state index contributed by atoms with van der Waals surface area (Å²) in [5.74, 6) is 0.962. The summed E-state index contributed by atoms with van der Waals surface area (Å²) in [6.07, 6.45) is 2.05. The monoisotopic (exact) mass is 431 g/mol. The van der Waals surface area contributed by atoms with Crippen molar-refractivity contribution in [3.8, 4) is 11.4 Å². The van der Waals surface area contributed by atoms with E-state index in [1.807, 2.05) is 34.0 Å². The number of nitrogens with one attached hydrogen (secondary N) is 1. The Kier molecular flexibility index (Phi) is 6.00. The number of thiophene rings is 1. The summed E-state index contributed by atoms with van der Waals surface area (Å²) in [5, 5.41) is 13.3. The van der Waals surface area contributed by atoms with Gasteiger partial charge in [-0.1, -0.05) is 5.16 Å². The van der Waals surface area contributed by atoms with Crippen LogP contribution in [0.1, 0.15) is 30.8 Å². The minimum Gasteiger partial charge on any atom is -0.343 e. The Morgan fingerprint density at radius 3 is 2.79 bits per heavy atom. The maximum atomic E-state index is 12.5. The third-order valence-electron chi connectivity index (χ3n) is 4.87. The molecule has 0 atom stereocenters. The number of rotatable bonds is 6. The van der Waals surface area contributed by atoms with E-state index >= 15 is 0 Å². The van der Waals surface area contributed by atoms with Crippen LogP contribution in [0.2, 0.25) is 0 Å². The normalized spacial score (nSPS) is 14.9. The van der Waals surface area contributed by atoms with Crippen molar-refractivity contribution >= 4 is 39.6 Å². The fourth-order valence-electron chi connectivity index (χ4n) is 3.25. The summed E-state index contributed by atoms with van der Waals surface area (Å²) >= 11 is 3.00. The summed E-state index contributed by atoms with van der Waals surface area (Å²) < 4.78 is 5.25. The van der Waals surface area contributed by atoms with Gasteiger partial charge in [0.25, 0.3) is 0 Å². The molecule has 29 heavy (non-hydrogen) atoms. The molecule has 4 rings (SSSR count). The lowest BCUT2D eigenvalue weighted by atomic mass is 9.95. The van der Waals surface area contributed by atoms with E-state index in [9.17, 15) is 9.59 Å². The smallest absolute Gasteiger partial charge is 0.229 e. The lowest BCUT2D eigenvalue weighted by Crippen LogP contribution is -2.41. The average molecular weight is 432 g/mol. The highest BCUT2D eigenvalue weighted by molar-refractivity contribution is 7.13. The van der Waals surface area contributed by atoms with Gasteiger partial charge >= 0.3 is 0 Å². The molecule has 0 saturated carbocycles. The molecule has 0 bridgehead atoms. The van der Waals surface area contributed by atoms with E-state index in [1.54, 1.807) is 11.3 Å². The van der Waals surface area contributed by atoms with E-state index in [2.05, 4.69) is 20.4 Å². The molecule has 8 nitrogen and oxygen atoms in total. The molecular formula is C19H21N5O3S2. The summed E-state index contributed by atoms with van der Waals surface area (Å²) in [4.78, 5) is 35.3. The van der Waals surface area contributed by atoms with Gasteiger partial charge in [0.15, 0.2) is 5.13 Å². The first-order chi connectivity index (χ1) is 14.1. The van der Waals surface area contributed by atoms with Crippen LogP contribution in [0.4, 0.5) is 5.13 Å². The van der Waals surface area contributed by atoms with Crippen LogP contribution in [-0.2, 0) is 16.0 Å². The van der Waals surface area contributed by atoms with Crippen LogP contribution in [-0.4, -0.2) is 44.9 Å². The van der Waals surface area contributed by atoms with Gasteiger partial charge in [-0.15, -0.1) is 11.3 Å². The van der Waals surface area contributed by atoms with Gasteiger partial charge in [0.05, 0.1) is 5.69 Å². The topological polar surface area (TPSA) is 101 Å². The van der Waals surface area contributed by atoms with Crippen LogP contribution in [0, 0.1) is 12.8 Å². The molecule has 0 aliphatic carbocycles. The van der Waals surface area contributed by atoms with Crippen molar-refractivity contribution in [3.63, 3.8) is 0 Å². The van der Waals surface area contributed by atoms with Crippen LogP contribution in [0.15, 0.2) is 26.7 Å². The Balaban J connectivity index is 1.22. The molecule has 1 saturated heterocycles. The van der Waals surface area contributed by atoms with Gasteiger partial charge in [0.1, 0.15) is 0 Å². The zero-order valence-corrected chi connectivity index (χ0v) is 17.6. The Labute approximate surface area is 176 Å². The molecule has 3 aromatic heterocycles. The van der Waals surface area contributed by atoms with Crippen molar-refractivity contribution < 1.29 is 14.1 Å². The molecule has 1 N–H and O–H groups in total. The molecule has 152 valence electrons. The molecule has 0 unspecified atom stereocenters. The number of carbonyl (C=O) groups excluding carboxylic acids is 2. The Bertz CT molecular complexity index is 974. The van der Waals surface area contributed by atoms with Crippen molar-refractivity contribution in [2.45, 2.75) is 32.6 Å². The number of aryl methyl sites for hydroxylation is 2. The Hall–Kier alpha value is -2.59. The van der Waals surface area contributed by atoms with Crippen molar-refractivity contribution in [2.24, 2.45) is 5.92 Å². The maximum Gasteiger partial charge on any atom is 0.229 e. The molecule has 0 radical (unpaired) electrons. The SMILES string of the molecule is Cc1csc(NC(=O)C2CCN(C(=O)CCc3nc(-c4ccsc4)no3)CC2)n1. The van der Waals surface area contributed by atoms with Crippen LogP contribution in [0.5, 0.6) is 0 Å². The summed E-state index contributed by atoms with van der Waals surface area (Å²) in [6, 6.07) is 1.93. The number of aromatic nitrogens is 3. The van der Waals surface area contributed by atoms with E-state index < -0.39 is 0 Å². The number of amides is 2. The number of thiazole rings is 1. The summed E-state index contributed by atoms with van der Waals surface area (Å²) in [7, 11) is 0. The van der Waals surface area contributed by atoms with E-state index in [0.29, 0.717) is 55.6 Å². The van der Waals surface area contributed by atoms with E-state index in [4.69, 9.17) is 4.52 Å². The molecule has 0 aromatic carbocycles. The molecular weight excluding hydrogens is 410 g/mol. The zero-order valence-electron chi connectivity index (χ0n) is 16.0. The molecule has 4 heterocycles. The van der Waals surface area contributed by atoms with Crippen LogP contribution in [0.25, 0.3) is 11.4 Å². The Morgan fingerprint density at radius 1 is 1.28 bits per heavy atom. The molecule has 1 fully saturated rings. The molecule has 1 aliphatic heterocycles. The molecule has 2 amide bonds. The summed E-state index contributed by atoms with van der Waals surface area (Å²) in [6.45, 7) is 3.06. The molecule has 3 aromatic rings. The highest BCUT2D eigenvalue weighted by atomic mass is 32.1. The zero-order chi connectivity index (χ0) is 20.2. The molecule has 0 spiro atoms. The maximum absolute atomic E-state index is 12.5. The predicted molar refractivity (Wildman–Crippen MR) is 111 cm³/mol. The van der Waals surface area contributed by atoms with Crippen molar-refractivity contribution in [3.05, 3.63) is 33.8 Å². The van der Waals surface area contributed by atoms with Crippen LogP contribution in [0.3, 0.4) is 0 Å². The van der Waals surface area contributed by atoms with Crippen molar-refractivity contribution in [1.29, 1.82) is 0 Å². The Morgan fingerprint density at radius 2 is 2.10 bits per heavy atom. The standard InChI is InChI=1S/C19H21N5O3S2/c1-12-10-29-19(20-12)22-18(26)13-4-7-24(8-5-13)16(25)3-2-15-21-17(23-27-15)14-6-9-28-11-14/h6,9-11,13H,2-5,7-8H2,1H3,(H,20,22,26). The first-order valence-corrected chi connectivity index (χ1v) is 11.3. The van der Waals surface area contributed by atoms with Crippen LogP contribution >= 0.6 is 22.7 Å². The highest BCUT2D eigenvalue weighted by Crippen LogP contribution is 2.22. The first kappa shape index (κ1) is 19.7. The van der Waals surface area contributed by atoms with Gasteiger partial charge in [0, 0.05) is 48.2 Å². The van der Waals surface area contributed by atoms with Gasteiger partial charge < -0.3 is 14.7 Å². The fourth-order valence-corrected chi connectivity index (χ4v) is 4.57. The number of likely N-dealkylation sites (tertiary alicyclic amines) is 1. The van der Waals surface area contributed by atoms with Gasteiger partial charge in [-0.3, -0.25) is 9.59 Å². The quantitative estimate of drug-likeness (QED) is 0.642. The van der Waals surface area contributed by atoms with E-state index in [0.717, 1.165) is 11.3 Å². The molecule has 10 heteroatoms. The minimum atomic E-state index is -0.0904. The van der Waals surface area contributed by atoms with Crippen molar-refractivity contribution in [2.75, 3.05) is 18.4 Å². The number of anilines is 1. The average Bonchev–Trinajstić information content (AvgIpc) is 3.48. The second kappa shape index (κ2) is 8.83. The van der Waals surface area contributed by atoms with Crippen molar-refractivity contribution in [1.82, 2.24) is 20.0 Å².